The third-order valence-corrected chi connectivity index (χ3v) is 2.92. The van der Waals surface area contributed by atoms with Crippen LogP contribution in [0.25, 0.3) is 0 Å². The molecule has 0 aromatic carbocycles. The van der Waals surface area contributed by atoms with Crippen LogP contribution >= 0.6 is 0 Å². The van der Waals surface area contributed by atoms with Crippen molar-refractivity contribution in [2.24, 2.45) is 5.92 Å². The summed E-state index contributed by atoms with van der Waals surface area (Å²) in [6, 6.07) is 3.28. The lowest BCUT2D eigenvalue weighted by molar-refractivity contribution is -0.385. The minimum atomic E-state index is -0.418. The van der Waals surface area contributed by atoms with E-state index in [-0.39, 0.29) is 5.69 Å². The summed E-state index contributed by atoms with van der Waals surface area (Å²) < 4.78 is 0. The Morgan fingerprint density at radius 3 is 3.00 bits per heavy atom. The first-order valence-corrected chi connectivity index (χ1v) is 5.56. The van der Waals surface area contributed by atoms with Crippen LogP contribution in [0.2, 0.25) is 0 Å². The largest absolute Gasteiger partial charge is 0.316 e. The van der Waals surface area contributed by atoms with Gasteiger partial charge in [-0.3, -0.25) is 15.1 Å². The molecule has 86 valence electrons. The molecule has 1 aromatic rings. The van der Waals surface area contributed by atoms with Crippen LogP contribution in [0.5, 0.6) is 0 Å². The van der Waals surface area contributed by atoms with Crippen LogP contribution in [0.3, 0.4) is 0 Å². The van der Waals surface area contributed by atoms with Crippen LogP contribution in [0.15, 0.2) is 18.3 Å². The van der Waals surface area contributed by atoms with Gasteiger partial charge in [0.15, 0.2) is 0 Å². The molecule has 0 saturated carbocycles. The highest BCUT2D eigenvalue weighted by atomic mass is 16.6. The number of nitro groups is 1. The average molecular weight is 221 g/mol. The van der Waals surface area contributed by atoms with Crippen molar-refractivity contribution in [1.82, 2.24) is 10.3 Å². The summed E-state index contributed by atoms with van der Waals surface area (Å²) in [4.78, 5) is 14.2. The zero-order valence-electron chi connectivity index (χ0n) is 9.06. The Bertz CT molecular complexity index is 358. The van der Waals surface area contributed by atoms with E-state index in [1.54, 1.807) is 6.07 Å². The van der Waals surface area contributed by atoms with Crippen molar-refractivity contribution in [3.63, 3.8) is 0 Å². The highest BCUT2D eigenvalue weighted by Crippen LogP contribution is 2.16. The minimum absolute atomic E-state index is 0.0607. The van der Waals surface area contributed by atoms with Gasteiger partial charge in [0.25, 0.3) is 5.69 Å². The van der Waals surface area contributed by atoms with Crippen molar-refractivity contribution in [3.8, 4) is 0 Å². The van der Waals surface area contributed by atoms with E-state index >= 15 is 0 Å². The van der Waals surface area contributed by atoms with Crippen LogP contribution in [0.1, 0.15) is 18.5 Å². The van der Waals surface area contributed by atoms with E-state index in [9.17, 15) is 10.1 Å². The van der Waals surface area contributed by atoms with Crippen LogP contribution in [-0.2, 0) is 6.42 Å². The molecule has 1 atom stereocenters. The number of hydrogen-bond acceptors (Lipinski definition) is 4. The average Bonchev–Trinajstić information content (AvgIpc) is 2.31. The van der Waals surface area contributed by atoms with E-state index in [0.29, 0.717) is 5.92 Å². The zero-order chi connectivity index (χ0) is 11.4. The van der Waals surface area contributed by atoms with Crippen molar-refractivity contribution in [2.75, 3.05) is 13.1 Å². The lowest BCUT2D eigenvalue weighted by Crippen LogP contribution is -2.31. The fraction of sp³-hybridized carbons (Fsp3) is 0.545. The summed E-state index contributed by atoms with van der Waals surface area (Å²) >= 11 is 0. The van der Waals surface area contributed by atoms with E-state index in [1.807, 2.05) is 0 Å². The summed E-state index contributed by atoms with van der Waals surface area (Å²) in [6.45, 7) is 2.13. The standard InChI is InChI=1S/C11H15N3O2/c15-14(16)11-4-3-10(13-8-11)6-9-2-1-5-12-7-9/h3-4,8-9,12H,1-2,5-7H2. The molecule has 2 heterocycles. The molecule has 16 heavy (non-hydrogen) atoms. The summed E-state index contributed by atoms with van der Waals surface area (Å²) in [5, 5.41) is 13.8. The van der Waals surface area contributed by atoms with Crippen molar-refractivity contribution >= 4 is 5.69 Å². The van der Waals surface area contributed by atoms with E-state index in [0.717, 1.165) is 25.2 Å². The quantitative estimate of drug-likeness (QED) is 0.621. The Morgan fingerprint density at radius 1 is 1.56 bits per heavy atom. The van der Waals surface area contributed by atoms with Gasteiger partial charge in [0, 0.05) is 11.8 Å². The van der Waals surface area contributed by atoms with Gasteiger partial charge < -0.3 is 5.32 Å². The van der Waals surface area contributed by atoms with E-state index in [2.05, 4.69) is 10.3 Å². The molecule has 1 unspecified atom stereocenters. The molecule has 1 N–H and O–H groups in total. The number of piperidine rings is 1. The van der Waals surface area contributed by atoms with Gasteiger partial charge in [-0.25, -0.2) is 0 Å². The predicted molar refractivity (Wildman–Crippen MR) is 60.2 cm³/mol. The molecule has 0 bridgehead atoms. The predicted octanol–water partition coefficient (Wildman–Crippen LogP) is 1.53. The van der Waals surface area contributed by atoms with Gasteiger partial charge in [-0.05, 0) is 44.3 Å². The smallest absolute Gasteiger partial charge is 0.287 e. The fourth-order valence-corrected chi connectivity index (χ4v) is 2.04. The molecule has 5 heteroatoms. The molecule has 1 aliphatic heterocycles. The number of nitrogens with one attached hydrogen (secondary N) is 1. The first-order valence-electron chi connectivity index (χ1n) is 5.56. The highest BCUT2D eigenvalue weighted by Gasteiger charge is 2.14. The van der Waals surface area contributed by atoms with Gasteiger partial charge in [0.05, 0.1) is 4.92 Å². The molecule has 0 spiro atoms. The number of aromatic nitrogens is 1. The molecule has 1 aliphatic rings. The Hall–Kier alpha value is -1.49. The molecule has 0 radical (unpaired) electrons. The molecule has 1 saturated heterocycles. The zero-order valence-corrected chi connectivity index (χ0v) is 9.06. The number of hydrogen-bond donors (Lipinski definition) is 1. The minimum Gasteiger partial charge on any atom is -0.316 e. The van der Waals surface area contributed by atoms with E-state index in [4.69, 9.17) is 0 Å². The molecule has 2 rings (SSSR count). The summed E-state index contributed by atoms with van der Waals surface area (Å²) in [6.07, 6.45) is 4.67. The first-order chi connectivity index (χ1) is 7.75. The third-order valence-electron chi connectivity index (χ3n) is 2.92. The fourth-order valence-electron chi connectivity index (χ4n) is 2.04. The van der Waals surface area contributed by atoms with Gasteiger partial charge in [-0.2, -0.15) is 0 Å². The Balaban J connectivity index is 1.96. The van der Waals surface area contributed by atoms with Crippen molar-refractivity contribution in [2.45, 2.75) is 19.3 Å². The van der Waals surface area contributed by atoms with Gasteiger partial charge in [0.2, 0.25) is 0 Å². The van der Waals surface area contributed by atoms with Crippen molar-refractivity contribution in [3.05, 3.63) is 34.1 Å². The number of nitrogens with zero attached hydrogens (tertiary/aromatic N) is 2. The molecular formula is C11H15N3O2. The van der Waals surface area contributed by atoms with Crippen LogP contribution < -0.4 is 5.32 Å². The van der Waals surface area contributed by atoms with Crippen molar-refractivity contribution < 1.29 is 4.92 Å². The molecule has 0 amide bonds. The maximum absolute atomic E-state index is 10.5. The molecule has 1 fully saturated rings. The number of pyridine rings is 1. The molecule has 0 aliphatic carbocycles. The monoisotopic (exact) mass is 221 g/mol. The Labute approximate surface area is 94.0 Å². The third kappa shape index (κ3) is 2.76. The second-order valence-corrected chi connectivity index (χ2v) is 4.18. The van der Waals surface area contributed by atoms with Crippen LogP contribution in [0, 0.1) is 16.0 Å². The normalized spacial score (nSPS) is 20.6. The van der Waals surface area contributed by atoms with E-state index in [1.165, 1.54) is 25.1 Å². The van der Waals surface area contributed by atoms with Gasteiger partial charge in [-0.15, -0.1) is 0 Å². The van der Waals surface area contributed by atoms with Gasteiger partial charge in [0.1, 0.15) is 6.20 Å². The summed E-state index contributed by atoms with van der Waals surface area (Å²) in [5.41, 5.74) is 1.00. The molecule has 1 aromatic heterocycles. The van der Waals surface area contributed by atoms with Crippen LogP contribution in [0.4, 0.5) is 5.69 Å². The maximum Gasteiger partial charge on any atom is 0.287 e. The second kappa shape index (κ2) is 5.03. The maximum atomic E-state index is 10.5. The Morgan fingerprint density at radius 2 is 2.44 bits per heavy atom. The van der Waals surface area contributed by atoms with Gasteiger partial charge in [-0.1, -0.05) is 0 Å². The second-order valence-electron chi connectivity index (χ2n) is 4.18. The topological polar surface area (TPSA) is 68.1 Å². The molecule has 5 nitrogen and oxygen atoms in total. The number of rotatable bonds is 3. The lowest BCUT2D eigenvalue weighted by Gasteiger charge is -2.22. The first kappa shape index (κ1) is 11.0. The summed E-state index contributed by atoms with van der Waals surface area (Å²) in [7, 11) is 0. The lowest BCUT2D eigenvalue weighted by atomic mass is 9.94. The van der Waals surface area contributed by atoms with Crippen molar-refractivity contribution in [1.29, 1.82) is 0 Å². The summed E-state index contributed by atoms with van der Waals surface area (Å²) in [5.74, 6) is 0.614. The molecular weight excluding hydrogens is 206 g/mol. The van der Waals surface area contributed by atoms with Gasteiger partial charge >= 0.3 is 0 Å². The SMILES string of the molecule is O=[N+]([O-])c1ccc(CC2CCCNC2)nc1. The van der Waals surface area contributed by atoms with E-state index < -0.39 is 4.92 Å². The highest BCUT2D eigenvalue weighted by molar-refractivity contribution is 5.26. The Kier molecular flexibility index (Phi) is 3.46. The van der Waals surface area contributed by atoms with Crippen LogP contribution in [-0.4, -0.2) is 23.0 Å².